The molecule has 2 aromatic carbocycles. The largest absolute Gasteiger partial charge is 0.508 e. The molecule has 0 spiro atoms. The fourth-order valence-corrected chi connectivity index (χ4v) is 2.69. The van der Waals surface area contributed by atoms with Crippen LogP contribution in [0.1, 0.15) is 43.9 Å². The van der Waals surface area contributed by atoms with Gasteiger partial charge in [-0.05, 0) is 67.1 Å². The van der Waals surface area contributed by atoms with Crippen LogP contribution in [0.3, 0.4) is 0 Å². The molecular formula is C22H31NO4. The van der Waals surface area contributed by atoms with E-state index in [1.54, 1.807) is 24.3 Å². The number of hydrogen-bond donors (Lipinski definition) is 3. The first kappa shape index (κ1) is 22.5. The smallest absolute Gasteiger partial charge is 0.245 e. The van der Waals surface area contributed by atoms with Gasteiger partial charge in [-0.25, -0.2) is 0 Å². The summed E-state index contributed by atoms with van der Waals surface area (Å²) in [6.07, 6.45) is 2.51. The predicted octanol–water partition coefficient (Wildman–Crippen LogP) is 4.12. The Balaban J connectivity index is 0.00000176. The number of aliphatic hydroxyl groups excluding tert-OH is 1. The summed E-state index contributed by atoms with van der Waals surface area (Å²) in [5.41, 5.74) is 3.38. The zero-order valence-corrected chi connectivity index (χ0v) is 16.7. The van der Waals surface area contributed by atoms with Crippen LogP contribution in [0, 0.1) is 6.92 Å². The molecule has 0 radical (unpaired) electrons. The molecule has 0 saturated heterocycles. The zero-order chi connectivity index (χ0) is 20.2. The minimum absolute atomic E-state index is 0.212. The van der Waals surface area contributed by atoms with Crippen LogP contribution in [-0.4, -0.2) is 29.3 Å². The van der Waals surface area contributed by atoms with E-state index in [0.717, 1.165) is 36.1 Å². The number of hydrogen-bond acceptors (Lipinski definition) is 4. The van der Waals surface area contributed by atoms with Gasteiger partial charge in [-0.15, -0.1) is 0 Å². The predicted molar refractivity (Wildman–Crippen MR) is 109 cm³/mol. The number of aliphatic hydroxyl groups is 1. The second-order valence-corrected chi connectivity index (χ2v) is 5.96. The number of rotatable bonds is 8. The molecule has 0 aromatic heterocycles. The first-order chi connectivity index (χ1) is 13.0. The normalized spacial score (nSPS) is 9.96. The van der Waals surface area contributed by atoms with Crippen LogP contribution in [0.15, 0.2) is 36.4 Å². The average molecular weight is 373 g/mol. The molecule has 0 aliphatic carbocycles. The lowest BCUT2D eigenvalue weighted by atomic mass is 10.00. The van der Waals surface area contributed by atoms with Crippen LogP contribution in [0.4, 0.5) is 0 Å². The van der Waals surface area contributed by atoms with Gasteiger partial charge in [0.1, 0.15) is 23.9 Å². The standard InChI is InChI=1S/C20H25NO4.C2H6/c1-3-16-12-15(5-4-10-21-19(24)13-22)11-14(2)20(16)25-18-8-6-17(23)7-9-18;1-2/h6-9,11-12,22-23H,3-5,10,13H2,1-2H3,(H,21,24);1-2H3. The van der Waals surface area contributed by atoms with E-state index in [1.807, 2.05) is 20.8 Å². The van der Waals surface area contributed by atoms with Crippen molar-refractivity contribution in [3.8, 4) is 17.2 Å². The van der Waals surface area contributed by atoms with Gasteiger partial charge in [-0.1, -0.05) is 32.9 Å². The molecule has 0 atom stereocenters. The maximum atomic E-state index is 11.0. The van der Waals surface area contributed by atoms with Crippen LogP contribution < -0.4 is 10.1 Å². The number of phenolic OH excluding ortho intramolecular Hbond substituents is 1. The summed E-state index contributed by atoms with van der Waals surface area (Å²) >= 11 is 0. The van der Waals surface area contributed by atoms with Crippen LogP contribution in [0.5, 0.6) is 17.2 Å². The maximum Gasteiger partial charge on any atom is 0.245 e. The van der Waals surface area contributed by atoms with Gasteiger partial charge in [-0.3, -0.25) is 4.79 Å². The first-order valence-electron chi connectivity index (χ1n) is 9.50. The molecular weight excluding hydrogens is 342 g/mol. The van der Waals surface area contributed by atoms with Gasteiger partial charge in [0.15, 0.2) is 0 Å². The summed E-state index contributed by atoms with van der Waals surface area (Å²) < 4.78 is 6.02. The summed E-state index contributed by atoms with van der Waals surface area (Å²) in [5.74, 6) is 1.41. The Bertz CT molecular complexity index is 711. The number of carbonyl (C=O) groups excluding carboxylic acids is 1. The molecule has 5 heteroatoms. The molecule has 27 heavy (non-hydrogen) atoms. The van der Waals surface area contributed by atoms with E-state index >= 15 is 0 Å². The quantitative estimate of drug-likeness (QED) is 0.608. The van der Waals surface area contributed by atoms with Gasteiger partial charge < -0.3 is 20.3 Å². The van der Waals surface area contributed by atoms with Gasteiger partial charge in [0.05, 0.1) is 0 Å². The number of phenols is 1. The molecule has 5 nitrogen and oxygen atoms in total. The summed E-state index contributed by atoms with van der Waals surface area (Å²) in [7, 11) is 0. The van der Waals surface area contributed by atoms with Crippen LogP contribution in [0.2, 0.25) is 0 Å². The SMILES string of the molecule is CC.CCc1cc(CCCNC(=O)CO)cc(C)c1Oc1ccc(O)cc1. The number of amides is 1. The van der Waals surface area contributed by atoms with Crippen molar-refractivity contribution in [3.63, 3.8) is 0 Å². The van der Waals surface area contributed by atoms with Crippen molar-refractivity contribution in [3.05, 3.63) is 53.1 Å². The van der Waals surface area contributed by atoms with Crippen molar-refractivity contribution in [1.82, 2.24) is 5.32 Å². The molecule has 3 N–H and O–H groups in total. The Kier molecular flexibility index (Phi) is 9.98. The Hall–Kier alpha value is -2.53. The maximum absolute atomic E-state index is 11.0. The molecule has 1 amide bonds. The van der Waals surface area contributed by atoms with Crippen LogP contribution >= 0.6 is 0 Å². The van der Waals surface area contributed by atoms with Crippen molar-refractivity contribution < 1.29 is 19.7 Å². The summed E-state index contributed by atoms with van der Waals surface area (Å²) in [4.78, 5) is 11.0. The summed E-state index contributed by atoms with van der Waals surface area (Å²) in [5, 5.41) is 20.7. The highest BCUT2D eigenvalue weighted by Gasteiger charge is 2.10. The number of carbonyl (C=O) groups is 1. The van der Waals surface area contributed by atoms with Gasteiger partial charge in [0, 0.05) is 6.54 Å². The Morgan fingerprint density at radius 1 is 1.15 bits per heavy atom. The van der Waals surface area contributed by atoms with E-state index in [-0.39, 0.29) is 11.7 Å². The molecule has 2 rings (SSSR count). The molecule has 0 bridgehead atoms. The number of nitrogens with one attached hydrogen (secondary N) is 1. The monoisotopic (exact) mass is 373 g/mol. The topological polar surface area (TPSA) is 78.8 Å². The molecule has 0 saturated carbocycles. The van der Waals surface area contributed by atoms with Crippen molar-refractivity contribution >= 4 is 5.91 Å². The zero-order valence-electron chi connectivity index (χ0n) is 16.7. The number of benzene rings is 2. The Morgan fingerprint density at radius 3 is 2.41 bits per heavy atom. The van der Waals surface area contributed by atoms with E-state index in [1.165, 1.54) is 5.56 Å². The fraction of sp³-hybridized carbons (Fsp3) is 0.409. The van der Waals surface area contributed by atoms with E-state index < -0.39 is 6.61 Å². The van der Waals surface area contributed by atoms with Gasteiger partial charge in [0.2, 0.25) is 5.91 Å². The molecule has 0 heterocycles. The molecule has 2 aromatic rings. The van der Waals surface area contributed by atoms with Crippen molar-refractivity contribution in [2.75, 3.05) is 13.2 Å². The second-order valence-electron chi connectivity index (χ2n) is 5.96. The fourth-order valence-electron chi connectivity index (χ4n) is 2.69. The third-order valence-corrected chi connectivity index (χ3v) is 3.96. The summed E-state index contributed by atoms with van der Waals surface area (Å²) in [6.45, 7) is 8.18. The Morgan fingerprint density at radius 2 is 1.81 bits per heavy atom. The molecule has 0 aliphatic rings. The summed E-state index contributed by atoms with van der Waals surface area (Å²) in [6, 6.07) is 10.9. The van der Waals surface area contributed by atoms with Crippen molar-refractivity contribution in [1.29, 1.82) is 0 Å². The van der Waals surface area contributed by atoms with Crippen molar-refractivity contribution in [2.24, 2.45) is 0 Å². The highest BCUT2D eigenvalue weighted by molar-refractivity contribution is 5.76. The van der Waals surface area contributed by atoms with Crippen molar-refractivity contribution in [2.45, 2.75) is 47.0 Å². The number of aromatic hydroxyl groups is 1. The lowest BCUT2D eigenvalue weighted by Crippen LogP contribution is -2.27. The molecule has 0 aliphatic heterocycles. The molecule has 0 unspecified atom stereocenters. The highest BCUT2D eigenvalue weighted by Crippen LogP contribution is 2.31. The lowest BCUT2D eigenvalue weighted by Gasteiger charge is -2.15. The lowest BCUT2D eigenvalue weighted by molar-refractivity contribution is -0.123. The minimum Gasteiger partial charge on any atom is -0.508 e. The van der Waals surface area contributed by atoms with E-state index in [2.05, 4.69) is 24.4 Å². The highest BCUT2D eigenvalue weighted by atomic mass is 16.5. The van der Waals surface area contributed by atoms with Crippen LogP contribution in [-0.2, 0) is 17.6 Å². The minimum atomic E-state index is -0.470. The number of ether oxygens (including phenoxy) is 1. The van der Waals surface area contributed by atoms with Gasteiger partial charge in [0.25, 0.3) is 0 Å². The van der Waals surface area contributed by atoms with E-state index in [0.29, 0.717) is 12.3 Å². The van der Waals surface area contributed by atoms with Gasteiger partial charge >= 0.3 is 0 Å². The number of aryl methyl sites for hydroxylation is 3. The van der Waals surface area contributed by atoms with E-state index in [4.69, 9.17) is 9.84 Å². The third-order valence-electron chi connectivity index (χ3n) is 3.96. The Labute approximate surface area is 162 Å². The average Bonchev–Trinajstić information content (AvgIpc) is 2.69. The first-order valence-corrected chi connectivity index (χ1v) is 9.50. The van der Waals surface area contributed by atoms with E-state index in [9.17, 15) is 9.90 Å². The molecule has 0 fully saturated rings. The third kappa shape index (κ3) is 7.31. The van der Waals surface area contributed by atoms with Crippen LogP contribution in [0.25, 0.3) is 0 Å². The second kappa shape index (κ2) is 12.0. The van der Waals surface area contributed by atoms with Gasteiger partial charge in [-0.2, -0.15) is 0 Å². The molecule has 148 valence electrons.